The van der Waals surface area contributed by atoms with Crippen LogP contribution in [-0.2, 0) is 9.53 Å². The fourth-order valence-electron chi connectivity index (χ4n) is 1.64. The van der Waals surface area contributed by atoms with Crippen LogP contribution in [0, 0.1) is 5.92 Å². The highest BCUT2D eigenvalue weighted by atomic mass is 19.3. The minimum atomic E-state index is -2.45. The number of rotatable bonds is 6. The molecule has 4 nitrogen and oxygen atoms in total. The standard InChI is InChI=1S/C10H18F2N2O2/c11-9(12)7-16-5-4-14-10(15)8-2-1-3-13-6-8/h8-9,13H,1-7H2,(H,14,15)/t8-/m1/s1. The monoisotopic (exact) mass is 236 g/mol. The van der Waals surface area contributed by atoms with Gasteiger partial charge in [-0.3, -0.25) is 4.79 Å². The molecule has 0 unspecified atom stereocenters. The third-order valence-corrected chi connectivity index (χ3v) is 2.46. The maximum absolute atomic E-state index is 11.7. The summed E-state index contributed by atoms with van der Waals surface area (Å²) >= 11 is 0. The van der Waals surface area contributed by atoms with Crippen molar-refractivity contribution >= 4 is 5.91 Å². The molecule has 2 N–H and O–H groups in total. The zero-order valence-corrected chi connectivity index (χ0v) is 9.18. The van der Waals surface area contributed by atoms with Crippen LogP contribution in [0.1, 0.15) is 12.8 Å². The molecule has 1 atom stereocenters. The second kappa shape index (κ2) is 7.51. The van der Waals surface area contributed by atoms with E-state index in [9.17, 15) is 13.6 Å². The minimum absolute atomic E-state index is 0.00356. The van der Waals surface area contributed by atoms with E-state index >= 15 is 0 Å². The zero-order valence-electron chi connectivity index (χ0n) is 9.18. The topological polar surface area (TPSA) is 50.4 Å². The number of nitrogens with one attached hydrogen (secondary N) is 2. The van der Waals surface area contributed by atoms with Gasteiger partial charge < -0.3 is 15.4 Å². The van der Waals surface area contributed by atoms with Crippen LogP contribution in [0.3, 0.4) is 0 Å². The van der Waals surface area contributed by atoms with E-state index in [1.807, 2.05) is 0 Å². The fourth-order valence-corrected chi connectivity index (χ4v) is 1.64. The molecular weight excluding hydrogens is 218 g/mol. The van der Waals surface area contributed by atoms with E-state index in [1.165, 1.54) is 0 Å². The highest BCUT2D eigenvalue weighted by Crippen LogP contribution is 2.09. The Morgan fingerprint density at radius 1 is 1.56 bits per heavy atom. The molecule has 1 fully saturated rings. The predicted octanol–water partition coefficient (Wildman–Crippen LogP) is 0.384. The quantitative estimate of drug-likeness (QED) is 0.656. The van der Waals surface area contributed by atoms with Crippen LogP contribution in [0.2, 0.25) is 0 Å². The van der Waals surface area contributed by atoms with Crippen molar-refractivity contribution in [2.24, 2.45) is 5.92 Å². The molecule has 1 amide bonds. The second-order valence-electron chi connectivity index (χ2n) is 3.80. The van der Waals surface area contributed by atoms with Gasteiger partial charge in [0.05, 0.1) is 12.5 Å². The van der Waals surface area contributed by atoms with Crippen LogP contribution in [0.25, 0.3) is 0 Å². The molecule has 1 aliphatic rings. The predicted molar refractivity (Wildman–Crippen MR) is 55.4 cm³/mol. The van der Waals surface area contributed by atoms with Gasteiger partial charge in [0.15, 0.2) is 0 Å². The second-order valence-corrected chi connectivity index (χ2v) is 3.80. The lowest BCUT2D eigenvalue weighted by atomic mass is 9.99. The summed E-state index contributed by atoms with van der Waals surface area (Å²) in [6.07, 6.45) is -0.560. The number of hydrogen-bond donors (Lipinski definition) is 2. The number of carbonyl (C=O) groups excluding carboxylic acids is 1. The van der Waals surface area contributed by atoms with Gasteiger partial charge in [-0.1, -0.05) is 0 Å². The summed E-state index contributed by atoms with van der Waals surface area (Å²) in [5.41, 5.74) is 0. The van der Waals surface area contributed by atoms with Crippen molar-refractivity contribution < 1.29 is 18.3 Å². The summed E-state index contributed by atoms with van der Waals surface area (Å²) in [5.74, 6) is -0.0169. The molecule has 0 spiro atoms. The molecule has 0 aromatic heterocycles. The average molecular weight is 236 g/mol. The number of hydrogen-bond acceptors (Lipinski definition) is 3. The maximum atomic E-state index is 11.7. The molecule has 1 saturated heterocycles. The van der Waals surface area contributed by atoms with Crippen LogP contribution in [0.5, 0.6) is 0 Å². The normalized spacial score (nSPS) is 21.1. The molecule has 0 aromatic carbocycles. The Labute approximate surface area is 93.7 Å². The van der Waals surface area contributed by atoms with E-state index in [-0.39, 0.29) is 18.4 Å². The largest absolute Gasteiger partial charge is 0.374 e. The molecular formula is C10H18F2N2O2. The van der Waals surface area contributed by atoms with E-state index in [0.717, 1.165) is 19.4 Å². The van der Waals surface area contributed by atoms with Crippen LogP contribution in [0.15, 0.2) is 0 Å². The Kier molecular flexibility index (Phi) is 6.25. The van der Waals surface area contributed by atoms with Crippen molar-refractivity contribution in [3.8, 4) is 0 Å². The molecule has 1 heterocycles. The van der Waals surface area contributed by atoms with Gasteiger partial charge in [0, 0.05) is 13.1 Å². The first kappa shape index (κ1) is 13.3. The van der Waals surface area contributed by atoms with Crippen molar-refractivity contribution in [1.82, 2.24) is 10.6 Å². The van der Waals surface area contributed by atoms with Gasteiger partial charge in [0.1, 0.15) is 6.61 Å². The maximum Gasteiger partial charge on any atom is 0.261 e. The van der Waals surface area contributed by atoms with Crippen molar-refractivity contribution in [2.45, 2.75) is 19.3 Å². The molecule has 16 heavy (non-hydrogen) atoms. The van der Waals surface area contributed by atoms with E-state index in [2.05, 4.69) is 15.4 Å². The molecule has 0 aliphatic carbocycles. The highest BCUT2D eigenvalue weighted by molar-refractivity contribution is 5.78. The first-order valence-electron chi connectivity index (χ1n) is 5.54. The molecule has 6 heteroatoms. The summed E-state index contributed by atoms with van der Waals surface area (Å²) in [4.78, 5) is 11.5. The van der Waals surface area contributed by atoms with Crippen molar-refractivity contribution in [2.75, 3.05) is 32.8 Å². The van der Waals surface area contributed by atoms with Gasteiger partial charge in [-0.15, -0.1) is 0 Å². The molecule has 1 rings (SSSR count). The van der Waals surface area contributed by atoms with Gasteiger partial charge in [-0.25, -0.2) is 8.78 Å². The highest BCUT2D eigenvalue weighted by Gasteiger charge is 2.20. The lowest BCUT2D eigenvalue weighted by molar-refractivity contribution is -0.125. The van der Waals surface area contributed by atoms with Crippen LogP contribution >= 0.6 is 0 Å². The number of ether oxygens (including phenoxy) is 1. The Morgan fingerprint density at radius 2 is 2.38 bits per heavy atom. The Balaban J connectivity index is 2.01. The van der Waals surface area contributed by atoms with Crippen molar-refractivity contribution in [3.63, 3.8) is 0 Å². The molecule has 0 radical (unpaired) electrons. The molecule has 0 bridgehead atoms. The molecule has 0 aromatic rings. The van der Waals surface area contributed by atoms with E-state index in [1.54, 1.807) is 0 Å². The van der Waals surface area contributed by atoms with Gasteiger partial charge in [0.25, 0.3) is 6.43 Å². The Hall–Kier alpha value is -0.750. The summed E-state index contributed by atoms with van der Waals surface area (Å²) in [5, 5.41) is 5.82. The number of carbonyl (C=O) groups is 1. The van der Waals surface area contributed by atoms with Crippen molar-refractivity contribution in [3.05, 3.63) is 0 Å². The SMILES string of the molecule is O=C(NCCOCC(F)F)[C@@H]1CCCNC1. The zero-order chi connectivity index (χ0) is 11.8. The van der Waals surface area contributed by atoms with Gasteiger partial charge >= 0.3 is 0 Å². The van der Waals surface area contributed by atoms with E-state index < -0.39 is 13.0 Å². The molecule has 0 saturated carbocycles. The third kappa shape index (κ3) is 5.37. The van der Waals surface area contributed by atoms with Gasteiger partial charge in [-0.2, -0.15) is 0 Å². The molecule has 94 valence electrons. The average Bonchev–Trinajstić information content (AvgIpc) is 2.29. The number of piperidine rings is 1. The number of alkyl halides is 2. The Morgan fingerprint density at radius 3 is 3.00 bits per heavy atom. The van der Waals surface area contributed by atoms with Crippen LogP contribution in [-0.4, -0.2) is 45.2 Å². The first-order valence-corrected chi connectivity index (χ1v) is 5.54. The van der Waals surface area contributed by atoms with Crippen LogP contribution in [0.4, 0.5) is 8.78 Å². The summed E-state index contributed by atoms with van der Waals surface area (Å²) in [6, 6.07) is 0. The van der Waals surface area contributed by atoms with Gasteiger partial charge in [0.2, 0.25) is 5.91 Å². The van der Waals surface area contributed by atoms with Crippen molar-refractivity contribution in [1.29, 1.82) is 0 Å². The lowest BCUT2D eigenvalue weighted by Crippen LogP contribution is -2.41. The Bertz CT molecular complexity index is 209. The third-order valence-electron chi connectivity index (χ3n) is 2.46. The fraction of sp³-hybridized carbons (Fsp3) is 0.900. The molecule has 1 aliphatic heterocycles. The lowest BCUT2D eigenvalue weighted by Gasteiger charge is -2.21. The summed E-state index contributed by atoms with van der Waals surface area (Å²) in [6.45, 7) is 1.52. The minimum Gasteiger partial charge on any atom is -0.374 e. The first-order chi connectivity index (χ1) is 7.70. The number of halogens is 2. The number of amides is 1. The van der Waals surface area contributed by atoms with Gasteiger partial charge in [-0.05, 0) is 19.4 Å². The summed E-state index contributed by atoms with van der Waals surface area (Å²) in [7, 11) is 0. The van der Waals surface area contributed by atoms with E-state index in [4.69, 9.17) is 0 Å². The van der Waals surface area contributed by atoms with E-state index in [0.29, 0.717) is 13.1 Å². The summed E-state index contributed by atoms with van der Waals surface area (Å²) < 4.78 is 28.0. The smallest absolute Gasteiger partial charge is 0.261 e. The van der Waals surface area contributed by atoms with Crippen LogP contribution < -0.4 is 10.6 Å².